The van der Waals surface area contributed by atoms with Crippen molar-refractivity contribution < 1.29 is 4.79 Å². The van der Waals surface area contributed by atoms with Crippen LogP contribution in [0.15, 0.2) is 22.7 Å². The van der Waals surface area contributed by atoms with E-state index in [1.54, 1.807) is 0 Å². The molecular weight excluding hydrogens is 328 g/mol. The average Bonchev–Trinajstić information content (AvgIpc) is 2.70. The number of Topliss-reactive ketones (excluding diaryl/α,β-unsaturated/α-hetero) is 1. The lowest BCUT2D eigenvalue weighted by Gasteiger charge is -2.08. The Morgan fingerprint density at radius 2 is 1.95 bits per heavy atom. The van der Waals surface area contributed by atoms with E-state index in [-0.39, 0.29) is 5.78 Å². The molecule has 0 N–H and O–H groups in total. The van der Waals surface area contributed by atoms with Crippen LogP contribution in [0.25, 0.3) is 0 Å². The minimum atomic E-state index is 0.221. The molecule has 0 spiro atoms. The van der Waals surface area contributed by atoms with Crippen molar-refractivity contribution in [2.24, 2.45) is 0 Å². The second-order valence-corrected chi connectivity index (χ2v) is 6.28. The van der Waals surface area contributed by atoms with Crippen molar-refractivity contribution in [3.63, 3.8) is 0 Å². The van der Waals surface area contributed by atoms with Crippen molar-refractivity contribution in [3.8, 4) is 0 Å². The van der Waals surface area contributed by atoms with Crippen LogP contribution < -0.4 is 0 Å². The summed E-state index contributed by atoms with van der Waals surface area (Å²) in [7, 11) is 0. The summed E-state index contributed by atoms with van der Waals surface area (Å²) in [6.45, 7) is 8.88. The first-order valence-corrected chi connectivity index (χ1v) is 8.01. The third kappa shape index (κ3) is 3.62. The number of nitrogens with zero attached hydrogens (tertiary/aromatic N) is 2. The maximum Gasteiger partial charge on any atom is 0.143 e. The summed E-state index contributed by atoms with van der Waals surface area (Å²) < 4.78 is 2.86. The summed E-state index contributed by atoms with van der Waals surface area (Å²) in [6, 6.07) is 6.26. The molecule has 112 valence electrons. The first kappa shape index (κ1) is 16.0. The van der Waals surface area contributed by atoms with Gasteiger partial charge < -0.3 is 0 Å². The number of carbonyl (C=O) groups is 1. The van der Waals surface area contributed by atoms with Crippen LogP contribution in [0.5, 0.6) is 0 Å². The van der Waals surface area contributed by atoms with E-state index in [2.05, 4.69) is 53.1 Å². The predicted octanol–water partition coefficient (Wildman–Crippen LogP) is 3.95. The minimum Gasteiger partial charge on any atom is -0.299 e. The molecule has 0 saturated carbocycles. The van der Waals surface area contributed by atoms with E-state index in [0.29, 0.717) is 12.8 Å². The Morgan fingerprint density at radius 3 is 2.62 bits per heavy atom. The third-order valence-corrected chi connectivity index (χ3v) is 4.74. The second-order valence-electron chi connectivity index (χ2n) is 5.48. The molecule has 1 aromatic carbocycles. The van der Waals surface area contributed by atoms with Gasteiger partial charge in [-0.15, -0.1) is 0 Å². The van der Waals surface area contributed by atoms with Gasteiger partial charge >= 0.3 is 0 Å². The topological polar surface area (TPSA) is 34.9 Å². The van der Waals surface area contributed by atoms with Crippen molar-refractivity contribution in [1.82, 2.24) is 9.78 Å². The molecule has 2 aromatic rings. The highest BCUT2D eigenvalue weighted by Gasteiger charge is 2.16. The molecule has 1 aromatic heterocycles. The zero-order valence-corrected chi connectivity index (χ0v) is 14.6. The van der Waals surface area contributed by atoms with E-state index in [1.807, 2.05) is 18.5 Å². The number of aromatic nitrogens is 2. The van der Waals surface area contributed by atoms with Crippen molar-refractivity contribution in [3.05, 3.63) is 50.8 Å². The van der Waals surface area contributed by atoms with Gasteiger partial charge in [-0.25, -0.2) is 0 Å². The molecule has 0 fully saturated rings. The maximum atomic E-state index is 12.4. The quantitative estimate of drug-likeness (QED) is 0.819. The molecule has 1 heterocycles. The maximum absolute atomic E-state index is 12.4. The van der Waals surface area contributed by atoms with E-state index in [1.165, 1.54) is 11.1 Å². The fraction of sp³-hybridized carbons (Fsp3) is 0.412. The largest absolute Gasteiger partial charge is 0.299 e. The SMILES string of the molecule is CCn1nc(C)c(Br)c1CC(=O)Cc1cc(C)ccc1C. The van der Waals surface area contributed by atoms with Gasteiger partial charge in [-0.3, -0.25) is 9.48 Å². The highest BCUT2D eigenvalue weighted by atomic mass is 79.9. The summed E-state index contributed by atoms with van der Waals surface area (Å²) in [4.78, 5) is 12.4. The van der Waals surface area contributed by atoms with Crippen LogP contribution in [0.1, 0.15) is 35.0 Å². The summed E-state index contributed by atoms with van der Waals surface area (Å²) in [5, 5.41) is 4.44. The van der Waals surface area contributed by atoms with Crippen molar-refractivity contribution in [1.29, 1.82) is 0 Å². The Balaban J connectivity index is 2.17. The van der Waals surface area contributed by atoms with Gasteiger partial charge in [0.15, 0.2) is 0 Å². The zero-order valence-electron chi connectivity index (χ0n) is 13.0. The molecule has 2 rings (SSSR count). The van der Waals surface area contributed by atoms with Crippen LogP contribution in [0, 0.1) is 20.8 Å². The van der Waals surface area contributed by atoms with E-state index >= 15 is 0 Å². The number of hydrogen-bond donors (Lipinski definition) is 0. The van der Waals surface area contributed by atoms with Gasteiger partial charge in [-0.1, -0.05) is 23.8 Å². The van der Waals surface area contributed by atoms with Gasteiger partial charge in [0.1, 0.15) is 5.78 Å². The Labute approximate surface area is 134 Å². The number of benzene rings is 1. The highest BCUT2D eigenvalue weighted by Crippen LogP contribution is 2.22. The molecular formula is C17H21BrN2O. The number of rotatable bonds is 5. The Bertz CT molecular complexity index is 674. The van der Waals surface area contributed by atoms with Gasteiger partial charge in [-0.05, 0) is 54.8 Å². The van der Waals surface area contributed by atoms with E-state index in [4.69, 9.17) is 0 Å². The molecule has 0 bridgehead atoms. The van der Waals surface area contributed by atoms with Crippen molar-refractivity contribution >= 4 is 21.7 Å². The number of ketones is 1. The van der Waals surface area contributed by atoms with Crippen LogP contribution >= 0.6 is 15.9 Å². The lowest BCUT2D eigenvalue weighted by molar-refractivity contribution is -0.117. The summed E-state index contributed by atoms with van der Waals surface area (Å²) in [5.41, 5.74) is 5.40. The minimum absolute atomic E-state index is 0.221. The average molecular weight is 349 g/mol. The Kier molecular flexibility index (Phi) is 4.99. The van der Waals surface area contributed by atoms with E-state index in [9.17, 15) is 4.79 Å². The molecule has 0 unspecified atom stereocenters. The summed E-state index contributed by atoms with van der Waals surface area (Å²) in [5.74, 6) is 0.221. The standard InChI is InChI=1S/C17H21BrN2O/c1-5-20-16(17(18)13(4)19-20)10-15(21)9-14-8-11(2)6-7-12(14)3/h6-8H,5,9-10H2,1-4H3. The van der Waals surface area contributed by atoms with Crippen LogP contribution in [0.3, 0.4) is 0 Å². The number of aryl methyl sites for hydroxylation is 4. The van der Waals surface area contributed by atoms with Crippen molar-refractivity contribution in [2.45, 2.75) is 47.1 Å². The molecule has 0 aliphatic carbocycles. The first-order chi connectivity index (χ1) is 9.92. The first-order valence-electron chi connectivity index (χ1n) is 7.22. The predicted molar refractivity (Wildman–Crippen MR) is 88.7 cm³/mol. The molecule has 0 saturated heterocycles. The molecule has 0 aliphatic rings. The molecule has 0 radical (unpaired) electrons. The monoisotopic (exact) mass is 348 g/mol. The van der Waals surface area contributed by atoms with Gasteiger partial charge in [0.25, 0.3) is 0 Å². The van der Waals surface area contributed by atoms with Crippen LogP contribution in [0.4, 0.5) is 0 Å². The van der Waals surface area contributed by atoms with Crippen molar-refractivity contribution in [2.75, 3.05) is 0 Å². The van der Waals surface area contributed by atoms with Gasteiger partial charge in [0.2, 0.25) is 0 Å². The third-order valence-electron chi connectivity index (χ3n) is 3.71. The van der Waals surface area contributed by atoms with Crippen LogP contribution in [0.2, 0.25) is 0 Å². The molecule has 0 amide bonds. The van der Waals surface area contributed by atoms with Gasteiger partial charge in [-0.2, -0.15) is 5.10 Å². The summed E-state index contributed by atoms with van der Waals surface area (Å²) in [6.07, 6.45) is 0.899. The lowest BCUT2D eigenvalue weighted by atomic mass is 9.99. The Morgan fingerprint density at radius 1 is 1.24 bits per heavy atom. The number of carbonyl (C=O) groups excluding carboxylic acids is 1. The number of hydrogen-bond acceptors (Lipinski definition) is 2. The summed E-state index contributed by atoms with van der Waals surface area (Å²) >= 11 is 3.55. The molecule has 0 atom stereocenters. The zero-order chi connectivity index (χ0) is 15.6. The smallest absolute Gasteiger partial charge is 0.143 e. The van der Waals surface area contributed by atoms with Gasteiger partial charge in [0, 0.05) is 19.4 Å². The number of halogens is 1. The van der Waals surface area contributed by atoms with E-state index in [0.717, 1.165) is 28.0 Å². The molecule has 4 heteroatoms. The molecule has 0 aliphatic heterocycles. The lowest BCUT2D eigenvalue weighted by Crippen LogP contribution is -2.12. The van der Waals surface area contributed by atoms with Crippen LogP contribution in [-0.4, -0.2) is 15.6 Å². The fourth-order valence-corrected chi connectivity index (χ4v) is 2.91. The highest BCUT2D eigenvalue weighted by molar-refractivity contribution is 9.10. The van der Waals surface area contributed by atoms with E-state index < -0.39 is 0 Å². The Hall–Kier alpha value is -1.42. The normalized spacial score (nSPS) is 10.9. The fourth-order valence-electron chi connectivity index (χ4n) is 2.49. The molecule has 3 nitrogen and oxygen atoms in total. The second kappa shape index (κ2) is 6.56. The molecule has 21 heavy (non-hydrogen) atoms. The van der Waals surface area contributed by atoms with Crippen LogP contribution in [-0.2, 0) is 24.2 Å². The van der Waals surface area contributed by atoms with Gasteiger partial charge in [0.05, 0.1) is 15.9 Å².